The first-order valence-corrected chi connectivity index (χ1v) is 3.42. The second kappa shape index (κ2) is 3.25. The molecule has 0 bridgehead atoms. The Morgan fingerprint density at radius 1 is 1.30 bits per heavy atom. The van der Waals surface area contributed by atoms with Gasteiger partial charge >= 0.3 is 0 Å². The molecule has 1 aromatic carbocycles. The van der Waals surface area contributed by atoms with Crippen molar-refractivity contribution in [3.8, 4) is 5.75 Å². The van der Waals surface area contributed by atoms with E-state index in [-0.39, 0.29) is 6.10 Å². The fourth-order valence-corrected chi connectivity index (χ4v) is 0.722. The zero-order valence-electron chi connectivity index (χ0n) is 6.29. The molecule has 0 amide bonds. The van der Waals surface area contributed by atoms with Crippen LogP contribution in [-0.2, 0) is 0 Å². The van der Waals surface area contributed by atoms with Crippen LogP contribution < -0.4 is 4.74 Å². The first-order valence-electron chi connectivity index (χ1n) is 3.42. The molecule has 0 aliphatic rings. The van der Waals surface area contributed by atoms with Gasteiger partial charge in [-0.2, -0.15) is 0 Å². The van der Waals surface area contributed by atoms with Gasteiger partial charge in [0.25, 0.3) is 0 Å². The second-order valence-electron chi connectivity index (χ2n) is 2.40. The standard InChI is InChI=1S/C9H11O/c1-8(2)10-9-6-4-3-5-7-9/h4-8H,1-2H3. The highest BCUT2D eigenvalue weighted by molar-refractivity contribution is 5.20. The van der Waals surface area contributed by atoms with Gasteiger partial charge in [0.05, 0.1) is 6.10 Å². The Bertz CT molecular complexity index is 179. The molecule has 1 nitrogen and oxygen atoms in total. The third-order valence-corrected chi connectivity index (χ3v) is 1.06. The van der Waals surface area contributed by atoms with Gasteiger partial charge in [0.1, 0.15) is 5.75 Å². The second-order valence-corrected chi connectivity index (χ2v) is 2.40. The van der Waals surface area contributed by atoms with Crippen LogP contribution in [-0.4, -0.2) is 6.10 Å². The average Bonchev–Trinajstić information content (AvgIpc) is 1.88. The van der Waals surface area contributed by atoms with E-state index in [1.54, 1.807) is 0 Å². The topological polar surface area (TPSA) is 9.23 Å². The van der Waals surface area contributed by atoms with Gasteiger partial charge in [-0.05, 0) is 32.0 Å². The van der Waals surface area contributed by atoms with Crippen molar-refractivity contribution in [2.24, 2.45) is 0 Å². The SMILES string of the molecule is CC(C)Oc1cc[c]cc1. The molecule has 10 heavy (non-hydrogen) atoms. The van der Waals surface area contributed by atoms with Gasteiger partial charge in [0.2, 0.25) is 0 Å². The van der Waals surface area contributed by atoms with Gasteiger partial charge in [-0.3, -0.25) is 0 Å². The third-order valence-electron chi connectivity index (χ3n) is 1.06. The van der Waals surface area contributed by atoms with Crippen LogP contribution in [0.4, 0.5) is 0 Å². The van der Waals surface area contributed by atoms with E-state index in [1.807, 2.05) is 38.1 Å². The Kier molecular flexibility index (Phi) is 2.32. The van der Waals surface area contributed by atoms with Crippen LogP contribution in [0.25, 0.3) is 0 Å². The quantitative estimate of drug-likeness (QED) is 0.604. The molecule has 0 spiro atoms. The molecule has 0 heterocycles. The lowest BCUT2D eigenvalue weighted by atomic mass is 10.3. The summed E-state index contributed by atoms with van der Waals surface area (Å²) in [6.07, 6.45) is 0.252. The zero-order valence-corrected chi connectivity index (χ0v) is 6.29. The summed E-state index contributed by atoms with van der Waals surface area (Å²) in [4.78, 5) is 0. The van der Waals surface area contributed by atoms with E-state index in [0.717, 1.165) is 5.75 Å². The summed E-state index contributed by atoms with van der Waals surface area (Å²) in [5.41, 5.74) is 0. The third kappa shape index (κ3) is 2.09. The lowest BCUT2D eigenvalue weighted by Gasteiger charge is -2.07. The van der Waals surface area contributed by atoms with Crippen LogP contribution >= 0.6 is 0 Å². The molecule has 1 radical (unpaired) electrons. The predicted octanol–water partition coefficient (Wildman–Crippen LogP) is 2.27. The summed E-state index contributed by atoms with van der Waals surface area (Å²) < 4.78 is 5.39. The van der Waals surface area contributed by atoms with Crippen molar-refractivity contribution in [3.63, 3.8) is 0 Å². The fourth-order valence-electron chi connectivity index (χ4n) is 0.722. The number of ether oxygens (including phenoxy) is 1. The Morgan fingerprint density at radius 2 is 1.90 bits per heavy atom. The fraction of sp³-hybridized carbons (Fsp3) is 0.333. The molecular weight excluding hydrogens is 124 g/mol. The first kappa shape index (κ1) is 7.13. The minimum Gasteiger partial charge on any atom is -0.491 e. The van der Waals surface area contributed by atoms with Gasteiger partial charge in [0.15, 0.2) is 0 Å². The predicted molar refractivity (Wildman–Crippen MR) is 41.0 cm³/mol. The van der Waals surface area contributed by atoms with Gasteiger partial charge in [-0.25, -0.2) is 0 Å². The Balaban J connectivity index is 2.59. The summed E-state index contributed by atoms with van der Waals surface area (Å²) in [7, 11) is 0. The van der Waals surface area contributed by atoms with Gasteiger partial charge in [-0.15, -0.1) is 0 Å². The molecular formula is C9H11O. The maximum atomic E-state index is 5.39. The summed E-state index contributed by atoms with van der Waals surface area (Å²) in [6, 6.07) is 10.4. The maximum Gasteiger partial charge on any atom is 0.119 e. The molecule has 0 atom stereocenters. The highest BCUT2D eigenvalue weighted by Gasteiger charge is 1.93. The molecule has 0 aliphatic carbocycles. The molecule has 0 N–H and O–H groups in total. The van der Waals surface area contributed by atoms with E-state index >= 15 is 0 Å². The minimum absolute atomic E-state index is 0.252. The molecule has 0 fully saturated rings. The van der Waals surface area contributed by atoms with Crippen LogP contribution in [0.3, 0.4) is 0 Å². The number of benzene rings is 1. The molecule has 53 valence electrons. The molecule has 1 rings (SSSR count). The average molecular weight is 135 g/mol. The van der Waals surface area contributed by atoms with E-state index in [2.05, 4.69) is 6.07 Å². The lowest BCUT2D eigenvalue weighted by Crippen LogP contribution is -2.04. The van der Waals surface area contributed by atoms with Crippen LogP contribution in [0.2, 0.25) is 0 Å². The molecule has 0 aromatic heterocycles. The molecule has 0 saturated heterocycles. The summed E-state index contributed by atoms with van der Waals surface area (Å²) in [5, 5.41) is 0. The molecule has 0 aliphatic heterocycles. The highest BCUT2D eigenvalue weighted by Crippen LogP contribution is 2.09. The number of hydrogen-bond acceptors (Lipinski definition) is 1. The number of hydrogen-bond donors (Lipinski definition) is 0. The van der Waals surface area contributed by atoms with E-state index in [0.29, 0.717) is 0 Å². The van der Waals surface area contributed by atoms with Crippen LogP contribution in [0.5, 0.6) is 5.75 Å². The largest absolute Gasteiger partial charge is 0.491 e. The van der Waals surface area contributed by atoms with Gasteiger partial charge < -0.3 is 4.74 Å². The Labute approximate surface area is 61.6 Å². The Hall–Kier alpha value is -0.980. The van der Waals surface area contributed by atoms with Gasteiger partial charge in [-0.1, -0.05) is 12.1 Å². The minimum atomic E-state index is 0.252. The monoisotopic (exact) mass is 135 g/mol. The molecule has 1 aromatic rings. The van der Waals surface area contributed by atoms with Crippen molar-refractivity contribution < 1.29 is 4.74 Å². The summed E-state index contributed by atoms with van der Waals surface area (Å²) in [5.74, 6) is 0.911. The first-order chi connectivity index (χ1) is 4.79. The number of rotatable bonds is 2. The zero-order chi connectivity index (χ0) is 7.40. The van der Waals surface area contributed by atoms with Crippen molar-refractivity contribution >= 4 is 0 Å². The van der Waals surface area contributed by atoms with Crippen molar-refractivity contribution in [2.45, 2.75) is 20.0 Å². The van der Waals surface area contributed by atoms with Crippen molar-refractivity contribution in [2.75, 3.05) is 0 Å². The molecule has 0 unspecified atom stereocenters. The Morgan fingerprint density at radius 3 is 2.40 bits per heavy atom. The van der Waals surface area contributed by atoms with E-state index < -0.39 is 0 Å². The van der Waals surface area contributed by atoms with E-state index in [4.69, 9.17) is 4.74 Å². The summed E-state index contributed by atoms with van der Waals surface area (Å²) in [6.45, 7) is 4.02. The molecule has 0 saturated carbocycles. The van der Waals surface area contributed by atoms with Crippen LogP contribution in [0, 0.1) is 6.07 Å². The van der Waals surface area contributed by atoms with Crippen molar-refractivity contribution in [1.82, 2.24) is 0 Å². The van der Waals surface area contributed by atoms with Gasteiger partial charge in [0, 0.05) is 0 Å². The van der Waals surface area contributed by atoms with Crippen molar-refractivity contribution in [1.29, 1.82) is 0 Å². The van der Waals surface area contributed by atoms with E-state index in [9.17, 15) is 0 Å². The van der Waals surface area contributed by atoms with Crippen LogP contribution in [0.1, 0.15) is 13.8 Å². The summed E-state index contributed by atoms with van der Waals surface area (Å²) >= 11 is 0. The molecule has 1 heteroatoms. The van der Waals surface area contributed by atoms with Crippen LogP contribution in [0.15, 0.2) is 24.3 Å². The van der Waals surface area contributed by atoms with E-state index in [1.165, 1.54) is 0 Å². The highest BCUT2D eigenvalue weighted by atomic mass is 16.5. The maximum absolute atomic E-state index is 5.39. The lowest BCUT2D eigenvalue weighted by molar-refractivity contribution is 0.242. The van der Waals surface area contributed by atoms with Crippen molar-refractivity contribution in [3.05, 3.63) is 30.3 Å². The smallest absolute Gasteiger partial charge is 0.119 e. The normalized spacial score (nSPS) is 9.90.